The maximum atomic E-state index is 11.9. The van der Waals surface area contributed by atoms with E-state index in [1.165, 1.54) is 48.4 Å². The molecule has 10 nitrogen and oxygen atoms in total. The zero-order valence-electron chi connectivity index (χ0n) is 30.9. The molecule has 3 rings (SSSR count). The Bertz CT molecular complexity index is 1520. The summed E-state index contributed by atoms with van der Waals surface area (Å²) in [5.41, 5.74) is 3.30. The van der Waals surface area contributed by atoms with Gasteiger partial charge in [-0.2, -0.15) is 5.11 Å². The second-order valence-corrected chi connectivity index (χ2v) is 13.9. The number of unbranched alkanes of at least 4 members (excludes halogenated alkanes) is 5. The molecule has 278 valence electrons. The molecule has 0 aliphatic rings. The first-order chi connectivity index (χ1) is 25.0. The number of azo groups is 1. The number of rotatable bonds is 27. The largest absolute Gasteiger partial charge is 0.463 e. The Hall–Kier alpha value is -3.47. The van der Waals surface area contributed by atoms with Crippen molar-refractivity contribution in [1.82, 2.24) is 4.98 Å². The molecule has 0 fully saturated rings. The first-order valence-corrected chi connectivity index (χ1v) is 19.9. The molecule has 0 spiro atoms. The van der Waals surface area contributed by atoms with Gasteiger partial charge in [0.25, 0.3) is 0 Å². The summed E-state index contributed by atoms with van der Waals surface area (Å²) in [6.45, 7) is 20.4. The fraction of sp³-hybridized carbons (Fsp3) is 0.564. The second kappa shape index (κ2) is 25.5. The molecule has 2 heterocycles. The van der Waals surface area contributed by atoms with Crippen LogP contribution >= 0.6 is 22.7 Å². The predicted octanol–water partition coefficient (Wildman–Crippen LogP) is 10.8. The number of benzene rings is 1. The van der Waals surface area contributed by atoms with Crippen LogP contribution in [0.5, 0.6) is 0 Å². The summed E-state index contributed by atoms with van der Waals surface area (Å²) in [5, 5.41) is 11.3. The molecule has 0 aliphatic carbocycles. The molecule has 0 N–H and O–H groups in total. The SMILES string of the molecule is [C-]#[N+]c1c(N=Nc2sc(N(CC)CCOCCOCCOCCOC(=O)CCC/C=C/CCCCCC)nc2-c2ccccc2)sc(CC)c1C. The van der Waals surface area contributed by atoms with Crippen LogP contribution in [0, 0.1) is 13.5 Å². The van der Waals surface area contributed by atoms with E-state index in [-0.39, 0.29) is 12.6 Å². The Labute approximate surface area is 312 Å². The second-order valence-electron chi connectivity index (χ2n) is 11.8. The maximum Gasteiger partial charge on any atom is 0.305 e. The van der Waals surface area contributed by atoms with Crippen molar-refractivity contribution in [2.24, 2.45) is 10.2 Å². The van der Waals surface area contributed by atoms with Crippen LogP contribution in [0.3, 0.4) is 0 Å². The molecule has 1 aromatic carbocycles. The molecule has 0 radical (unpaired) electrons. The number of aromatic nitrogens is 1. The van der Waals surface area contributed by atoms with Gasteiger partial charge in [-0.05, 0) is 56.4 Å². The van der Waals surface area contributed by atoms with Crippen LogP contribution in [0.25, 0.3) is 16.1 Å². The van der Waals surface area contributed by atoms with Gasteiger partial charge in [0.15, 0.2) is 10.1 Å². The van der Waals surface area contributed by atoms with Crippen LogP contribution in [0.2, 0.25) is 0 Å². The molecular weight excluding hydrogens is 683 g/mol. The summed E-state index contributed by atoms with van der Waals surface area (Å²) in [7, 11) is 0. The lowest BCUT2D eigenvalue weighted by Gasteiger charge is -2.19. The minimum absolute atomic E-state index is 0.173. The summed E-state index contributed by atoms with van der Waals surface area (Å²) in [4.78, 5) is 23.9. The maximum absolute atomic E-state index is 11.9. The Kier molecular flexibility index (Phi) is 21.0. The third kappa shape index (κ3) is 15.3. The molecule has 2 aromatic heterocycles. The van der Waals surface area contributed by atoms with Gasteiger partial charge in [-0.1, -0.05) is 86.9 Å². The summed E-state index contributed by atoms with van der Waals surface area (Å²) >= 11 is 3.01. The normalized spacial score (nSPS) is 11.5. The molecule has 0 atom stereocenters. The number of likely N-dealkylation sites (N-methyl/N-ethyl adjacent to an activating group) is 1. The highest BCUT2D eigenvalue weighted by Crippen LogP contribution is 2.45. The Balaban J connectivity index is 1.32. The Morgan fingerprint density at radius 2 is 1.53 bits per heavy atom. The fourth-order valence-corrected chi connectivity index (χ4v) is 7.14. The molecular formula is C39H55N5O5S2. The lowest BCUT2D eigenvalue weighted by Crippen LogP contribution is -2.27. The number of nitrogens with zero attached hydrogens (tertiary/aromatic N) is 5. The summed E-state index contributed by atoms with van der Waals surface area (Å²) < 4.78 is 22.2. The van der Waals surface area contributed by atoms with Gasteiger partial charge >= 0.3 is 5.97 Å². The van der Waals surface area contributed by atoms with E-state index in [0.29, 0.717) is 68.3 Å². The molecule has 0 aliphatic heterocycles. The van der Waals surface area contributed by atoms with Crippen LogP contribution in [-0.2, 0) is 30.2 Å². The topological polar surface area (TPSA) is 99.2 Å². The van der Waals surface area contributed by atoms with Crippen molar-refractivity contribution in [2.45, 2.75) is 85.5 Å². The highest BCUT2D eigenvalue weighted by atomic mass is 32.1. The van der Waals surface area contributed by atoms with Gasteiger partial charge in [-0.15, -0.1) is 16.5 Å². The number of esters is 1. The highest BCUT2D eigenvalue weighted by molar-refractivity contribution is 7.19. The molecule has 0 saturated heterocycles. The van der Waals surface area contributed by atoms with Crippen molar-refractivity contribution >= 4 is 49.5 Å². The minimum atomic E-state index is -0.173. The van der Waals surface area contributed by atoms with Crippen molar-refractivity contribution in [3.05, 3.63) is 64.3 Å². The van der Waals surface area contributed by atoms with Crippen LogP contribution in [0.1, 0.15) is 82.6 Å². The summed E-state index contributed by atoms with van der Waals surface area (Å²) in [5.74, 6) is -0.173. The fourth-order valence-electron chi connectivity index (χ4n) is 5.13. The van der Waals surface area contributed by atoms with E-state index >= 15 is 0 Å². The number of allylic oxidation sites excluding steroid dienone is 2. The standard InChI is InChI=1S/C39H55N5O5S2/c1-6-9-10-11-12-13-14-15-19-22-34(45)49-30-29-48-28-27-47-26-25-46-24-23-44(8-3)39-41-36(32-20-17-16-18-21-32)38(51-39)43-42-37-35(40-5)31(4)33(7-2)50-37/h13-14,16-18,20-21H,6-12,15,19,22-30H2,1-4H3/b14-13+,43-42?. The van der Waals surface area contributed by atoms with E-state index in [2.05, 4.69) is 52.9 Å². The van der Waals surface area contributed by atoms with Gasteiger partial charge in [0.2, 0.25) is 5.69 Å². The first-order valence-electron chi connectivity index (χ1n) is 18.3. The lowest BCUT2D eigenvalue weighted by atomic mass is 10.1. The number of thiophene rings is 1. The highest BCUT2D eigenvalue weighted by Gasteiger charge is 2.19. The van der Waals surface area contributed by atoms with Crippen molar-refractivity contribution in [2.75, 3.05) is 64.2 Å². The average Bonchev–Trinajstić information content (AvgIpc) is 3.72. The number of aryl methyl sites for hydroxylation is 1. The third-order valence-electron chi connectivity index (χ3n) is 8.04. The van der Waals surface area contributed by atoms with E-state index in [1.54, 1.807) is 0 Å². The number of ether oxygens (including phenoxy) is 4. The molecule has 51 heavy (non-hydrogen) atoms. The Morgan fingerprint density at radius 1 is 0.863 bits per heavy atom. The van der Waals surface area contributed by atoms with Gasteiger partial charge in [-0.25, -0.2) is 9.83 Å². The van der Waals surface area contributed by atoms with Gasteiger partial charge < -0.3 is 23.8 Å². The van der Waals surface area contributed by atoms with Crippen molar-refractivity contribution < 1.29 is 23.7 Å². The summed E-state index contributed by atoms with van der Waals surface area (Å²) in [6, 6.07) is 9.98. The monoisotopic (exact) mass is 737 g/mol. The molecule has 3 aromatic rings. The third-order valence-corrected chi connectivity index (χ3v) is 10.4. The number of hydrogen-bond donors (Lipinski definition) is 0. The minimum Gasteiger partial charge on any atom is -0.463 e. The van der Waals surface area contributed by atoms with E-state index in [4.69, 9.17) is 30.5 Å². The molecule has 0 unspecified atom stereocenters. The molecule has 12 heteroatoms. The van der Waals surface area contributed by atoms with Gasteiger partial charge in [0, 0.05) is 25.1 Å². The van der Waals surface area contributed by atoms with E-state index in [0.717, 1.165) is 59.1 Å². The van der Waals surface area contributed by atoms with E-state index in [9.17, 15) is 4.79 Å². The quantitative estimate of drug-likeness (QED) is 0.0252. The van der Waals surface area contributed by atoms with Crippen LogP contribution in [0.15, 0.2) is 52.7 Å². The number of carbonyl (C=O) groups excluding carboxylic acids is 1. The van der Waals surface area contributed by atoms with Crippen molar-refractivity contribution in [3.8, 4) is 11.3 Å². The van der Waals surface area contributed by atoms with Gasteiger partial charge in [0.1, 0.15) is 17.3 Å². The number of thiazole rings is 1. The predicted molar refractivity (Wildman–Crippen MR) is 209 cm³/mol. The first kappa shape index (κ1) is 41.9. The summed E-state index contributed by atoms with van der Waals surface area (Å²) in [6.07, 6.45) is 13.7. The Morgan fingerprint density at radius 3 is 2.20 bits per heavy atom. The molecule has 0 bridgehead atoms. The zero-order chi connectivity index (χ0) is 36.5. The van der Waals surface area contributed by atoms with Gasteiger partial charge in [-0.3, -0.25) is 4.79 Å². The van der Waals surface area contributed by atoms with Gasteiger partial charge in [0.05, 0.1) is 46.2 Å². The van der Waals surface area contributed by atoms with Crippen LogP contribution in [0.4, 0.5) is 20.8 Å². The number of carbonyl (C=O) groups is 1. The van der Waals surface area contributed by atoms with E-state index in [1.807, 2.05) is 37.3 Å². The molecule has 0 amide bonds. The van der Waals surface area contributed by atoms with Crippen molar-refractivity contribution in [3.63, 3.8) is 0 Å². The van der Waals surface area contributed by atoms with Crippen LogP contribution in [-0.4, -0.2) is 70.3 Å². The number of hydrogen-bond acceptors (Lipinski definition) is 11. The molecule has 0 saturated carbocycles. The average molecular weight is 738 g/mol. The lowest BCUT2D eigenvalue weighted by molar-refractivity contribution is -0.145. The zero-order valence-corrected chi connectivity index (χ0v) is 32.5. The van der Waals surface area contributed by atoms with Crippen LogP contribution < -0.4 is 4.90 Å². The van der Waals surface area contributed by atoms with E-state index < -0.39 is 0 Å². The number of anilines is 1. The van der Waals surface area contributed by atoms with Crippen molar-refractivity contribution in [1.29, 1.82) is 0 Å². The smallest absolute Gasteiger partial charge is 0.305 e.